The SMILES string of the molecule is COc1ccc(N2COc3ccc4c(oc(=O)c5ccccc54)c3C2)cc1OC. The van der Waals surface area contributed by atoms with E-state index in [4.69, 9.17) is 18.6 Å². The van der Waals surface area contributed by atoms with Crippen LogP contribution in [0.2, 0.25) is 0 Å². The molecule has 4 aromatic rings. The molecule has 0 atom stereocenters. The molecule has 1 aromatic heterocycles. The highest BCUT2D eigenvalue weighted by Gasteiger charge is 2.23. The Bertz CT molecular complexity index is 1290. The fraction of sp³-hybridized carbons (Fsp3) is 0.174. The molecule has 1 aliphatic rings. The Labute approximate surface area is 166 Å². The summed E-state index contributed by atoms with van der Waals surface area (Å²) in [6.07, 6.45) is 0. The van der Waals surface area contributed by atoms with Gasteiger partial charge in [0.05, 0.1) is 31.7 Å². The fourth-order valence-electron chi connectivity index (χ4n) is 3.84. The molecule has 0 amide bonds. The number of hydrogen-bond acceptors (Lipinski definition) is 6. The van der Waals surface area contributed by atoms with Gasteiger partial charge in [0.1, 0.15) is 11.3 Å². The number of fused-ring (bicyclic) bond motifs is 5. The van der Waals surface area contributed by atoms with E-state index in [0.717, 1.165) is 27.8 Å². The summed E-state index contributed by atoms with van der Waals surface area (Å²) in [6.45, 7) is 0.926. The van der Waals surface area contributed by atoms with Crippen molar-refractivity contribution in [3.8, 4) is 17.2 Å². The average molecular weight is 389 g/mol. The van der Waals surface area contributed by atoms with Crippen LogP contribution in [-0.4, -0.2) is 21.0 Å². The summed E-state index contributed by atoms with van der Waals surface area (Å²) in [5.41, 5.74) is 2.00. The van der Waals surface area contributed by atoms with Crippen molar-refractivity contribution in [2.75, 3.05) is 25.9 Å². The van der Waals surface area contributed by atoms with Gasteiger partial charge in [-0.3, -0.25) is 0 Å². The Morgan fingerprint density at radius 1 is 0.897 bits per heavy atom. The molecule has 0 saturated heterocycles. The first-order chi connectivity index (χ1) is 14.2. The summed E-state index contributed by atoms with van der Waals surface area (Å²) >= 11 is 0. The lowest BCUT2D eigenvalue weighted by molar-refractivity contribution is 0.288. The highest BCUT2D eigenvalue weighted by atomic mass is 16.5. The summed E-state index contributed by atoms with van der Waals surface area (Å²) in [5.74, 6) is 2.04. The second-order valence-electron chi connectivity index (χ2n) is 6.86. The molecular weight excluding hydrogens is 370 g/mol. The second kappa shape index (κ2) is 6.74. The third-order valence-corrected chi connectivity index (χ3v) is 5.31. The predicted molar refractivity (Wildman–Crippen MR) is 111 cm³/mol. The molecule has 5 rings (SSSR count). The van der Waals surface area contributed by atoms with Crippen LogP contribution < -0.4 is 24.7 Å². The maximum absolute atomic E-state index is 12.5. The summed E-state index contributed by atoms with van der Waals surface area (Å²) in [7, 11) is 3.22. The van der Waals surface area contributed by atoms with E-state index in [1.54, 1.807) is 20.3 Å². The molecule has 0 unspecified atom stereocenters. The van der Waals surface area contributed by atoms with Gasteiger partial charge < -0.3 is 23.5 Å². The van der Waals surface area contributed by atoms with Crippen molar-refractivity contribution in [2.24, 2.45) is 0 Å². The van der Waals surface area contributed by atoms with Crippen molar-refractivity contribution >= 4 is 27.4 Å². The highest BCUT2D eigenvalue weighted by molar-refractivity contribution is 6.05. The number of methoxy groups -OCH3 is 2. The van der Waals surface area contributed by atoms with E-state index in [1.165, 1.54) is 0 Å². The van der Waals surface area contributed by atoms with Crippen LogP contribution in [-0.2, 0) is 6.54 Å². The van der Waals surface area contributed by atoms with E-state index >= 15 is 0 Å². The van der Waals surface area contributed by atoms with Crippen LogP contribution in [0.3, 0.4) is 0 Å². The van der Waals surface area contributed by atoms with Crippen molar-refractivity contribution in [1.82, 2.24) is 0 Å². The van der Waals surface area contributed by atoms with E-state index < -0.39 is 0 Å². The van der Waals surface area contributed by atoms with Crippen LogP contribution in [0.15, 0.2) is 63.8 Å². The van der Waals surface area contributed by atoms with Gasteiger partial charge in [0.15, 0.2) is 18.2 Å². The summed E-state index contributed by atoms with van der Waals surface area (Å²) in [4.78, 5) is 14.6. The highest BCUT2D eigenvalue weighted by Crippen LogP contribution is 2.38. The van der Waals surface area contributed by atoms with Crippen molar-refractivity contribution in [3.05, 3.63) is 70.6 Å². The molecule has 0 radical (unpaired) electrons. The topological polar surface area (TPSA) is 61.1 Å². The van der Waals surface area contributed by atoms with Gasteiger partial charge in [0.25, 0.3) is 0 Å². The minimum Gasteiger partial charge on any atom is -0.493 e. The Morgan fingerprint density at radius 2 is 1.69 bits per heavy atom. The van der Waals surface area contributed by atoms with Crippen LogP contribution in [0.25, 0.3) is 21.7 Å². The van der Waals surface area contributed by atoms with Crippen molar-refractivity contribution in [2.45, 2.75) is 6.54 Å². The van der Waals surface area contributed by atoms with Gasteiger partial charge in [-0.15, -0.1) is 0 Å². The van der Waals surface area contributed by atoms with Crippen LogP contribution in [0.4, 0.5) is 5.69 Å². The zero-order chi connectivity index (χ0) is 20.0. The Morgan fingerprint density at radius 3 is 2.48 bits per heavy atom. The normalized spacial score (nSPS) is 13.2. The van der Waals surface area contributed by atoms with E-state index in [0.29, 0.717) is 35.7 Å². The summed E-state index contributed by atoms with van der Waals surface area (Å²) in [6, 6.07) is 17.1. The van der Waals surface area contributed by atoms with Crippen LogP contribution in [0.5, 0.6) is 17.2 Å². The Balaban J connectivity index is 1.63. The smallest absolute Gasteiger partial charge is 0.344 e. The molecule has 2 heterocycles. The lowest BCUT2D eigenvalue weighted by atomic mass is 10.0. The first-order valence-corrected chi connectivity index (χ1v) is 9.27. The first kappa shape index (κ1) is 17.4. The number of benzene rings is 3. The number of anilines is 1. The molecule has 6 nitrogen and oxygen atoms in total. The number of ether oxygens (including phenoxy) is 3. The minimum atomic E-state index is -0.343. The fourth-order valence-corrected chi connectivity index (χ4v) is 3.84. The van der Waals surface area contributed by atoms with E-state index in [1.807, 2.05) is 48.5 Å². The van der Waals surface area contributed by atoms with Gasteiger partial charge in [0, 0.05) is 17.1 Å². The lowest BCUT2D eigenvalue weighted by Gasteiger charge is -2.31. The van der Waals surface area contributed by atoms with Crippen molar-refractivity contribution in [1.29, 1.82) is 0 Å². The second-order valence-corrected chi connectivity index (χ2v) is 6.86. The quantitative estimate of drug-likeness (QED) is 0.384. The average Bonchev–Trinajstić information content (AvgIpc) is 2.78. The largest absolute Gasteiger partial charge is 0.493 e. The molecule has 0 spiro atoms. The first-order valence-electron chi connectivity index (χ1n) is 9.27. The molecule has 29 heavy (non-hydrogen) atoms. The van der Waals surface area contributed by atoms with Crippen LogP contribution in [0.1, 0.15) is 5.56 Å². The summed E-state index contributed by atoms with van der Waals surface area (Å²) < 4.78 is 22.4. The maximum atomic E-state index is 12.5. The Kier molecular flexibility index (Phi) is 4.05. The molecule has 3 aromatic carbocycles. The van der Waals surface area contributed by atoms with Gasteiger partial charge in [-0.05, 0) is 35.7 Å². The number of nitrogens with zero attached hydrogens (tertiary/aromatic N) is 1. The van der Waals surface area contributed by atoms with Gasteiger partial charge >= 0.3 is 5.63 Å². The number of hydrogen-bond donors (Lipinski definition) is 0. The lowest BCUT2D eigenvalue weighted by Crippen LogP contribution is -2.32. The third-order valence-electron chi connectivity index (χ3n) is 5.31. The maximum Gasteiger partial charge on any atom is 0.344 e. The monoisotopic (exact) mass is 389 g/mol. The third kappa shape index (κ3) is 2.76. The summed E-state index contributed by atoms with van der Waals surface area (Å²) in [5, 5.41) is 2.36. The van der Waals surface area contributed by atoms with Crippen LogP contribution >= 0.6 is 0 Å². The predicted octanol–water partition coefficient (Wildman–Crippen LogP) is 4.32. The molecule has 0 N–H and O–H groups in total. The van der Waals surface area contributed by atoms with Crippen molar-refractivity contribution < 1.29 is 18.6 Å². The molecule has 1 aliphatic heterocycles. The van der Waals surface area contributed by atoms with Crippen LogP contribution in [0, 0.1) is 0 Å². The molecular formula is C23H19NO5. The van der Waals surface area contributed by atoms with E-state index in [9.17, 15) is 4.79 Å². The molecule has 0 fully saturated rings. The Hall–Kier alpha value is -3.67. The zero-order valence-electron chi connectivity index (χ0n) is 16.1. The molecule has 0 saturated carbocycles. The zero-order valence-corrected chi connectivity index (χ0v) is 16.1. The van der Waals surface area contributed by atoms with Gasteiger partial charge in [-0.2, -0.15) is 0 Å². The van der Waals surface area contributed by atoms with Gasteiger partial charge in [-0.1, -0.05) is 18.2 Å². The molecule has 0 aliphatic carbocycles. The molecule has 0 bridgehead atoms. The standard InChI is InChI=1S/C23H19NO5/c1-26-20-9-7-14(11-21(20)27-2)24-12-18-19(28-13-24)10-8-16-15-5-3-4-6-17(15)23(25)29-22(16)18/h3-11H,12-13H2,1-2H3. The molecule has 6 heteroatoms. The minimum absolute atomic E-state index is 0.343. The van der Waals surface area contributed by atoms with E-state index in [-0.39, 0.29) is 5.63 Å². The molecule has 146 valence electrons. The van der Waals surface area contributed by atoms with Crippen molar-refractivity contribution in [3.63, 3.8) is 0 Å². The van der Waals surface area contributed by atoms with Gasteiger partial charge in [-0.25, -0.2) is 4.79 Å². The number of rotatable bonds is 3. The van der Waals surface area contributed by atoms with E-state index in [2.05, 4.69) is 4.90 Å². The van der Waals surface area contributed by atoms with Gasteiger partial charge in [0.2, 0.25) is 0 Å².